The summed E-state index contributed by atoms with van der Waals surface area (Å²) in [6, 6.07) is 0. The summed E-state index contributed by atoms with van der Waals surface area (Å²) in [4.78, 5) is 0. The summed E-state index contributed by atoms with van der Waals surface area (Å²) in [5, 5.41) is 19.9. The van der Waals surface area contributed by atoms with Gasteiger partial charge >= 0.3 is 0 Å². The number of hydrogen-bond donors (Lipinski definition) is 2. The molecule has 2 aliphatic carbocycles. The number of ether oxygens (including phenoxy) is 4. The summed E-state index contributed by atoms with van der Waals surface area (Å²) in [7, 11) is 0. The zero-order valence-corrected chi connectivity index (χ0v) is 16.3. The second-order valence-electron chi connectivity index (χ2n) is 8.33. The first-order valence-electron chi connectivity index (χ1n) is 10.4. The van der Waals surface area contributed by atoms with E-state index < -0.39 is 0 Å². The molecular weight excluding hydrogens is 336 g/mol. The van der Waals surface area contributed by atoms with Crippen molar-refractivity contribution in [3.8, 4) is 0 Å². The van der Waals surface area contributed by atoms with Gasteiger partial charge in [-0.1, -0.05) is 25.7 Å². The maximum Gasteiger partial charge on any atom is 0.123 e. The van der Waals surface area contributed by atoms with E-state index in [0.29, 0.717) is 18.8 Å². The Kier molecular flexibility index (Phi) is 7.33. The lowest BCUT2D eigenvalue weighted by Gasteiger charge is -2.28. The lowest BCUT2D eigenvalue weighted by molar-refractivity contribution is -0.0625. The maximum absolute atomic E-state index is 10.0. The highest BCUT2D eigenvalue weighted by atomic mass is 16.6. The summed E-state index contributed by atoms with van der Waals surface area (Å²) in [5.74, 6) is 0. The molecule has 7 atom stereocenters. The molecule has 0 amide bonds. The number of hydrogen-bond acceptors (Lipinski definition) is 6. The van der Waals surface area contributed by atoms with Gasteiger partial charge in [0.1, 0.15) is 11.7 Å². The molecule has 3 aliphatic heterocycles. The van der Waals surface area contributed by atoms with Gasteiger partial charge in [0.25, 0.3) is 0 Å². The molecule has 6 nitrogen and oxygen atoms in total. The average molecular weight is 373 g/mol. The maximum atomic E-state index is 10.0. The molecule has 7 unspecified atom stereocenters. The fraction of sp³-hybridized carbons (Fsp3) is 1.00. The third-order valence-corrected chi connectivity index (χ3v) is 5.84. The molecule has 5 aliphatic rings. The topological polar surface area (TPSA) is 87.3 Å². The van der Waals surface area contributed by atoms with E-state index in [1.54, 1.807) is 0 Å². The van der Waals surface area contributed by atoms with E-state index in [9.17, 15) is 10.2 Å². The highest BCUT2D eigenvalue weighted by Crippen LogP contribution is 2.48. The van der Waals surface area contributed by atoms with Crippen LogP contribution in [-0.2, 0) is 18.9 Å². The van der Waals surface area contributed by atoms with Crippen LogP contribution in [0.25, 0.3) is 0 Å². The predicted octanol–water partition coefficient (Wildman–Crippen LogP) is 2.19. The van der Waals surface area contributed by atoms with Crippen molar-refractivity contribution in [1.29, 1.82) is 0 Å². The lowest BCUT2D eigenvalue weighted by atomic mass is 9.84. The molecule has 1 spiro atoms. The summed E-state index contributed by atoms with van der Waals surface area (Å²) < 4.78 is 21.0. The van der Waals surface area contributed by atoms with Gasteiger partial charge in [-0.05, 0) is 39.5 Å². The van der Waals surface area contributed by atoms with Gasteiger partial charge in [0, 0.05) is 0 Å². The van der Waals surface area contributed by atoms with E-state index in [-0.39, 0.29) is 30.0 Å². The van der Waals surface area contributed by atoms with Crippen LogP contribution in [0.2, 0.25) is 0 Å². The van der Waals surface area contributed by atoms with Crippen molar-refractivity contribution in [2.24, 2.45) is 0 Å². The van der Waals surface area contributed by atoms with Crippen LogP contribution in [0.4, 0.5) is 0 Å². The van der Waals surface area contributed by atoms with Crippen LogP contribution in [0, 0.1) is 0 Å². The lowest BCUT2D eigenvalue weighted by Crippen LogP contribution is -2.38. The monoisotopic (exact) mass is 372 g/mol. The van der Waals surface area contributed by atoms with Crippen molar-refractivity contribution in [3.63, 3.8) is 0 Å². The third-order valence-electron chi connectivity index (χ3n) is 5.84. The van der Waals surface area contributed by atoms with Crippen LogP contribution in [0.1, 0.15) is 65.2 Å². The molecule has 26 heavy (non-hydrogen) atoms. The molecule has 2 saturated carbocycles. The number of aliphatic hydroxyl groups is 2. The Morgan fingerprint density at radius 1 is 0.923 bits per heavy atom. The van der Waals surface area contributed by atoms with E-state index in [2.05, 4.69) is 13.8 Å². The quantitative estimate of drug-likeness (QED) is 0.739. The summed E-state index contributed by atoms with van der Waals surface area (Å²) >= 11 is 0. The summed E-state index contributed by atoms with van der Waals surface area (Å²) in [5.41, 5.74) is -0.308. The smallest absolute Gasteiger partial charge is 0.123 e. The van der Waals surface area contributed by atoms with Gasteiger partial charge in [-0.25, -0.2) is 0 Å². The van der Waals surface area contributed by atoms with Crippen LogP contribution < -0.4 is 0 Å². The highest BCUT2D eigenvalue weighted by Gasteiger charge is 2.61. The first kappa shape index (κ1) is 20.5. The molecule has 5 rings (SSSR count). The molecule has 2 N–H and O–H groups in total. The third kappa shape index (κ3) is 6.14. The van der Waals surface area contributed by atoms with Gasteiger partial charge in [-0.15, -0.1) is 0 Å². The zero-order valence-electron chi connectivity index (χ0n) is 16.3. The minimum Gasteiger partial charge on any atom is -0.390 e. The standard InChI is InChI=1S/C14H24O4.2C3H6O/c15-10-5-1-2-6-11(10)17-9-13-14(18-13)8-4-3-7-12(14)16;2*1-3-2-4-3/h10-13,15-16H,1-9H2;2*3H,2H2,1H3. The van der Waals surface area contributed by atoms with Crippen LogP contribution >= 0.6 is 0 Å². The second-order valence-corrected chi connectivity index (χ2v) is 8.33. The van der Waals surface area contributed by atoms with Gasteiger partial charge in [0.2, 0.25) is 0 Å². The molecular formula is C20H36O6. The summed E-state index contributed by atoms with van der Waals surface area (Å²) in [6.45, 7) is 6.61. The van der Waals surface area contributed by atoms with E-state index in [1.165, 1.54) is 0 Å². The number of rotatable bonds is 3. The average Bonchev–Trinajstić information content (AvgIpc) is 3.52. The van der Waals surface area contributed by atoms with E-state index in [4.69, 9.17) is 18.9 Å². The SMILES string of the molecule is CC1CO1.CC1CO1.OC1CCCCC1OCC1OC12CCCCC2O. The van der Waals surface area contributed by atoms with Gasteiger partial charge in [0.15, 0.2) is 0 Å². The Morgan fingerprint density at radius 3 is 2.04 bits per heavy atom. The molecule has 0 aromatic carbocycles. The Labute approximate surface area is 157 Å². The molecule has 0 bridgehead atoms. The van der Waals surface area contributed by atoms with E-state index in [1.807, 2.05) is 0 Å². The molecule has 0 aromatic rings. The Hall–Kier alpha value is -0.240. The number of epoxide rings is 3. The van der Waals surface area contributed by atoms with Crippen molar-refractivity contribution in [2.75, 3.05) is 19.8 Å². The highest BCUT2D eigenvalue weighted by molar-refractivity contribution is 5.09. The first-order valence-corrected chi connectivity index (χ1v) is 10.4. The van der Waals surface area contributed by atoms with Gasteiger partial charge in [0.05, 0.1) is 50.3 Å². The molecule has 5 fully saturated rings. The molecule has 0 aromatic heterocycles. The van der Waals surface area contributed by atoms with Crippen LogP contribution in [-0.4, -0.2) is 72.3 Å². The zero-order chi connectivity index (χ0) is 18.6. The molecule has 0 radical (unpaired) electrons. The van der Waals surface area contributed by atoms with Crippen LogP contribution in [0.15, 0.2) is 0 Å². The minimum atomic E-state index is -0.323. The van der Waals surface area contributed by atoms with Crippen molar-refractivity contribution < 1.29 is 29.2 Å². The van der Waals surface area contributed by atoms with Gasteiger partial charge < -0.3 is 29.2 Å². The van der Waals surface area contributed by atoms with Crippen molar-refractivity contribution in [2.45, 2.75) is 107 Å². The Morgan fingerprint density at radius 2 is 1.50 bits per heavy atom. The van der Waals surface area contributed by atoms with E-state index in [0.717, 1.165) is 64.6 Å². The second kappa shape index (κ2) is 9.30. The van der Waals surface area contributed by atoms with Gasteiger partial charge in [-0.2, -0.15) is 0 Å². The van der Waals surface area contributed by atoms with Crippen molar-refractivity contribution in [3.05, 3.63) is 0 Å². The first-order chi connectivity index (χ1) is 12.5. The predicted molar refractivity (Wildman–Crippen MR) is 97.1 cm³/mol. The molecule has 3 saturated heterocycles. The molecule has 3 heterocycles. The van der Waals surface area contributed by atoms with Gasteiger partial charge in [-0.3, -0.25) is 0 Å². The van der Waals surface area contributed by atoms with Crippen molar-refractivity contribution in [1.82, 2.24) is 0 Å². The summed E-state index contributed by atoms with van der Waals surface area (Å²) in [6.07, 6.45) is 8.63. The van der Waals surface area contributed by atoms with E-state index >= 15 is 0 Å². The van der Waals surface area contributed by atoms with Crippen molar-refractivity contribution >= 4 is 0 Å². The Bertz CT molecular complexity index is 415. The molecule has 6 heteroatoms. The largest absolute Gasteiger partial charge is 0.390 e. The number of aliphatic hydroxyl groups excluding tert-OH is 2. The van der Waals surface area contributed by atoms with Crippen LogP contribution in [0.5, 0.6) is 0 Å². The van der Waals surface area contributed by atoms with Crippen LogP contribution in [0.3, 0.4) is 0 Å². The fourth-order valence-electron chi connectivity index (χ4n) is 3.74. The normalized spacial score (nSPS) is 45.7. The minimum absolute atomic E-state index is 0.0271. The molecule has 152 valence electrons. The fourth-order valence-corrected chi connectivity index (χ4v) is 3.74. The Balaban J connectivity index is 0.000000200.